The van der Waals surface area contributed by atoms with E-state index in [-0.39, 0.29) is 5.84 Å². The minimum Gasteiger partial charge on any atom is -0.501 e. The van der Waals surface area contributed by atoms with Crippen molar-refractivity contribution in [3.63, 3.8) is 0 Å². The molecule has 0 atom stereocenters. The molecule has 0 aliphatic rings. The monoisotopic (exact) mass is 388 g/mol. The average Bonchev–Trinajstić information content (AvgIpc) is 2.76. The molecule has 0 spiro atoms. The van der Waals surface area contributed by atoms with Crippen LogP contribution >= 0.6 is 0 Å². The van der Waals surface area contributed by atoms with Gasteiger partial charge in [-0.15, -0.1) is 0 Å². The summed E-state index contributed by atoms with van der Waals surface area (Å²) in [6.07, 6.45) is 4.33. The van der Waals surface area contributed by atoms with Gasteiger partial charge in [0.05, 0.1) is 25.0 Å². The lowest BCUT2D eigenvalue weighted by Gasteiger charge is -1.98. The predicted octanol–water partition coefficient (Wildman–Crippen LogP) is 3.76. The van der Waals surface area contributed by atoms with Crippen LogP contribution in [0.2, 0.25) is 0 Å². The van der Waals surface area contributed by atoms with Crippen LogP contribution in [0, 0.1) is 16.7 Å². The van der Waals surface area contributed by atoms with Crippen LogP contribution in [0.3, 0.4) is 0 Å². The third kappa shape index (κ3) is 9.92. The summed E-state index contributed by atoms with van der Waals surface area (Å²) < 4.78 is 4.67. The first-order valence-electron chi connectivity index (χ1n) is 8.78. The third-order valence-electron chi connectivity index (χ3n) is 3.20. The number of anilines is 1. The average molecular weight is 388 g/mol. The molecule has 5 N–H and O–H groups in total. The van der Waals surface area contributed by atoms with Crippen LogP contribution in [0.5, 0.6) is 0 Å². The lowest BCUT2D eigenvalue weighted by Crippen LogP contribution is -2.10. The van der Waals surface area contributed by atoms with Gasteiger partial charge >= 0.3 is 0 Å². The number of nitrogen functional groups attached to an aromatic ring is 2. The van der Waals surface area contributed by atoms with Crippen LogP contribution < -0.4 is 11.5 Å². The van der Waals surface area contributed by atoms with E-state index in [0.717, 1.165) is 11.1 Å². The summed E-state index contributed by atoms with van der Waals surface area (Å²) in [6.45, 7) is 2.49. The number of hydrogen-bond acceptors (Lipinski definition) is 6. The van der Waals surface area contributed by atoms with E-state index in [0.29, 0.717) is 18.2 Å². The number of nitriles is 1. The number of nitrogens with two attached hydrogens (primary N) is 2. The van der Waals surface area contributed by atoms with Crippen LogP contribution in [0.4, 0.5) is 5.82 Å². The van der Waals surface area contributed by atoms with Crippen molar-refractivity contribution in [2.24, 2.45) is 5.73 Å². The Bertz CT molecular complexity index is 921. The molecule has 0 fully saturated rings. The zero-order chi connectivity index (χ0) is 21.3. The highest BCUT2D eigenvalue weighted by Gasteiger charge is 1.98. The molecule has 7 nitrogen and oxygen atoms in total. The molecule has 0 aliphatic heterocycles. The van der Waals surface area contributed by atoms with E-state index in [4.69, 9.17) is 22.1 Å². The maximum absolute atomic E-state index is 7.88. The van der Waals surface area contributed by atoms with Gasteiger partial charge in [0.2, 0.25) is 0 Å². The van der Waals surface area contributed by atoms with E-state index in [1.165, 1.54) is 12.3 Å². The molecule has 0 unspecified atom stereocenters. The molecular formula is C22H24N6O. The summed E-state index contributed by atoms with van der Waals surface area (Å²) in [6, 6.07) is 22.4. The zero-order valence-corrected chi connectivity index (χ0v) is 16.2. The highest BCUT2D eigenvalue weighted by molar-refractivity contribution is 5.94. The molecule has 0 bridgehead atoms. The van der Waals surface area contributed by atoms with E-state index in [2.05, 4.69) is 14.7 Å². The maximum Gasteiger partial charge on any atom is 0.161 e. The van der Waals surface area contributed by atoms with Crippen LogP contribution in [-0.2, 0) is 4.74 Å². The number of amidine groups is 1. The first-order valence-corrected chi connectivity index (χ1v) is 8.78. The smallest absolute Gasteiger partial charge is 0.161 e. The number of benzene rings is 2. The Morgan fingerprint density at radius 3 is 2.21 bits per heavy atom. The highest BCUT2D eigenvalue weighted by Crippen LogP contribution is 2.13. The van der Waals surface area contributed by atoms with Gasteiger partial charge in [0.15, 0.2) is 5.82 Å². The molecule has 0 amide bonds. The molecule has 29 heavy (non-hydrogen) atoms. The molecule has 0 radical (unpaired) electrons. The topological polar surface area (TPSA) is 135 Å². The summed E-state index contributed by atoms with van der Waals surface area (Å²) in [5.41, 5.74) is 12.5. The number of nitrogens with zero attached hydrogens (tertiary/aromatic N) is 3. The molecule has 3 aromatic rings. The van der Waals surface area contributed by atoms with E-state index in [1.54, 1.807) is 18.3 Å². The van der Waals surface area contributed by atoms with Crippen molar-refractivity contribution in [1.82, 2.24) is 9.97 Å². The normalized spacial score (nSPS) is 9.24. The molecule has 1 heterocycles. The minimum atomic E-state index is 0.121. The van der Waals surface area contributed by atoms with Gasteiger partial charge in [0.1, 0.15) is 11.7 Å². The molecular weight excluding hydrogens is 364 g/mol. The second kappa shape index (κ2) is 13.9. The van der Waals surface area contributed by atoms with Crippen molar-refractivity contribution < 1.29 is 4.74 Å². The second-order valence-corrected chi connectivity index (χ2v) is 5.34. The van der Waals surface area contributed by atoms with Gasteiger partial charge in [-0.3, -0.25) is 5.41 Å². The zero-order valence-electron chi connectivity index (χ0n) is 16.2. The largest absolute Gasteiger partial charge is 0.501 e. The summed E-state index contributed by atoms with van der Waals surface area (Å²) in [5.74, 6) is 1.28. The second-order valence-electron chi connectivity index (χ2n) is 5.34. The van der Waals surface area contributed by atoms with E-state index in [1.807, 2.05) is 67.6 Å². The van der Waals surface area contributed by atoms with Crippen LogP contribution in [0.1, 0.15) is 12.5 Å². The van der Waals surface area contributed by atoms with Crippen molar-refractivity contribution in [1.29, 1.82) is 10.7 Å². The van der Waals surface area contributed by atoms with Crippen molar-refractivity contribution in [2.45, 2.75) is 6.92 Å². The summed E-state index contributed by atoms with van der Waals surface area (Å²) in [4.78, 5) is 8.23. The van der Waals surface area contributed by atoms with Gasteiger partial charge in [0.25, 0.3) is 0 Å². The number of allylic oxidation sites excluding steroid dienone is 1. The van der Waals surface area contributed by atoms with Crippen LogP contribution in [0.25, 0.3) is 11.4 Å². The van der Waals surface area contributed by atoms with Gasteiger partial charge in [-0.05, 0) is 13.0 Å². The van der Waals surface area contributed by atoms with E-state index in [9.17, 15) is 0 Å². The number of nitrogens with one attached hydrogen (secondary N) is 1. The Labute approximate surface area is 170 Å². The number of rotatable bonds is 4. The van der Waals surface area contributed by atoms with Gasteiger partial charge in [-0.2, -0.15) is 5.26 Å². The number of hydrogen-bond donors (Lipinski definition) is 3. The molecule has 0 saturated heterocycles. The highest BCUT2D eigenvalue weighted by atomic mass is 16.5. The van der Waals surface area contributed by atoms with Gasteiger partial charge < -0.3 is 16.2 Å². The fourth-order valence-electron chi connectivity index (χ4n) is 1.89. The fourth-order valence-corrected chi connectivity index (χ4v) is 1.89. The third-order valence-corrected chi connectivity index (χ3v) is 3.20. The fraction of sp³-hybridized carbons (Fsp3) is 0.0909. The summed E-state index contributed by atoms with van der Waals surface area (Å²) >= 11 is 0. The first-order chi connectivity index (χ1) is 14.1. The van der Waals surface area contributed by atoms with Crippen molar-refractivity contribution in [2.75, 3.05) is 12.3 Å². The van der Waals surface area contributed by atoms with Crippen molar-refractivity contribution in [3.8, 4) is 17.5 Å². The standard InChI is InChI=1S/C10H9N3.C7H8N2.C5H7NO/c11-9-6-7-12-10(13-9)8-4-2-1-3-5-8;8-7(9)6-4-2-1-3-5-6;1-2-7-5-3-4-6/h1-7H,(H2,11,12,13);1-5H,(H3,8,9);3,5H,2H2,1H3/b;;5-3+. The molecule has 0 saturated carbocycles. The quantitative estimate of drug-likeness (QED) is 0.269. The molecule has 1 aromatic heterocycles. The predicted molar refractivity (Wildman–Crippen MR) is 116 cm³/mol. The maximum atomic E-state index is 7.88. The molecule has 2 aromatic carbocycles. The van der Waals surface area contributed by atoms with E-state index >= 15 is 0 Å². The molecule has 148 valence electrons. The van der Waals surface area contributed by atoms with Gasteiger partial charge in [-0.1, -0.05) is 60.7 Å². The SMILES string of the molecule is CCO/C=C/C#N.N=C(N)c1ccccc1.Nc1ccnc(-c2ccccc2)n1. The number of ether oxygens (including phenoxy) is 1. The van der Waals surface area contributed by atoms with Gasteiger partial charge in [0, 0.05) is 17.3 Å². The Balaban J connectivity index is 0.000000232. The van der Waals surface area contributed by atoms with Crippen molar-refractivity contribution >= 4 is 11.7 Å². The van der Waals surface area contributed by atoms with Gasteiger partial charge in [-0.25, -0.2) is 9.97 Å². The molecule has 7 heteroatoms. The summed E-state index contributed by atoms with van der Waals surface area (Å²) in [5, 5.41) is 14.9. The van der Waals surface area contributed by atoms with E-state index < -0.39 is 0 Å². The van der Waals surface area contributed by atoms with Crippen LogP contribution in [0.15, 0.2) is 85.3 Å². The van der Waals surface area contributed by atoms with Crippen LogP contribution in [-0.4, -0.2) is 22.4 Å². The molecule has 3 rings (SSSR count). The Morgan fingerprint density at radius 2 is 1.72 bits per heavy atom. The minimum absolute atomic E-state index is 0.121. The number of aromatic nitrogens is 2. The first kappa shape index (κ1) is 22.9. The Kier molecular flexibility index (Phi) is 11.0. The lowest BCUT2D eigenvalue weighted by atomic mass is 10.2. The lowest BCUT2D eigenvalue weighted by molar-refractivity contribution is 0.269. The Morgan fingerprint density at radius 1 is 1.10 bits per heavy atom. The molecule has 0 aliphatic carbocycles. The van der Waals surface area contributed by atoms with Crippen molar-refractivity contribution in [3.05, 3.63) is 90.8 Å². The summed E-state index contributed by atoms with van der Waals surface area (Å²) in [7, 11) is 0. The Hall–Kier alpha value is -4.18.